The molecule has 2 fully saturated rings. The van der Waals surface area contributed by atoms with Crippen LogP contribution in [0.2, 0.25) is 0 Å². The number of hydrogen-bond acceptors (Lipinski definition) is 6. The van der Waals surface area contributed by atoms with Crippen LogP contribution in [0, 0.1) is 11.3 Å². The standard InChI is InChI=1S/C27H22N4O2/c28-14-19-11-22(13-23(17-1-2-17)27(19)33-21-8-9-21)32-20-6-3-16(4-7-20)18-5-10-24-25(12-18)31-26(29)15-30-24/h3-7,10-13,15,17,21H,1-2,8-9H2,(H2,29,31). The van der Waals surface area contributed by atoms with E-state index in [9.17, 15) is 5.26 Å². The molecule has 0 bridgehead atoms. The van der Waals surface area contributed by atoms with Gasteiger partial charge in [-0.15, -0.1) is 0 Å². The number of anilines is 1. The Labute approximate surface area is 191 Å². The van der Waals surface area contributed by atoms with Crippen LogP contribution in [-0.4, -0.2) is 16.1 Å². The lowest BCUT2D eigenvalue weighted by Gasteiger charge is -2.15. The highest BCUT2D eigenvalue weighted by Gasteiger charge is 2.32. The van der Waals surface area contributed by atoms with E-state index in [4.69, 9.17) is 15.2 Å². The Morgan fingerprint density at radius 3 is 2.39 bits per heavy atom. The van der Waals surface area contributed by atoms with Gasteiger partial charge in [-0.3, -0.25) is 4.98 Å². The van der Waals surface area contributed by atoms with Crippen LogP contribution in [0.25, 0.3) is 22.2 Å². The summed E-state index contributed by atoms with van der Waals surface area (Å²) in [6.45, 7) is 0. The van der Waals surface area contributed by atoms with E-state index >= 15 is 0 Å². The van der Waals surface area contributed by atoms with Crippen molar-refractivity contribution in [2.45, 2.75) is 37.7 Å². The average molecular weight is 434 g/mol. The molecule has 33 heavy (non-hydrogen) atoms. The third kappa shape index (κ3) is 4.06. The van der Waals surface area contributed by atoms with Crippen molar-refractivity contribution < 1.29 is 9.47 Å². The minimum Gasteiger partial charge on any atom is -0.489 e. The third-order valence-electron chi connectivity index (χ3n) is 6.02. The van der Waals surface area contributed by atoms with Crippen LogP contribution in [0.1, 0.15) is 42.7 Å². The monoisotopic (exact) mass is 434 g/mol. The minimum atomic E-state index is 0.256. The zero-order valence-corrected chi connectivity index (χ0v) is 18.0. The first-order chi connectivity index (χ1) is 16.2. The molecule has 0 unspecified atom stereocenters. The Hall–Kier alpha value is -4.11. The van der Waals surface area contributed by atoms with Crippen LogP contribution >= 0.6 is 0 Å². The first-order valence-corrected chi connectivity index (χ1v) is 11.2. The van der Waals surface area contributed by atoms with Gasteiger partial charge in [-0.2, -0.15) is 5.26 Å². The van der Waals surface area contributed by atoms with E-state index in [0.717, 1.165) is 59.2 Å². The highest BCUT2D eigenvalue weighted by Crippen LogP contribution is 2.48. The molecule has 2 N–H and O–H groups in total. The van der Waals surface area contributed by atoms with Crippen LogP contribution in [0.3, 0.4) is 0 Å². The predicted octanol–water partition coefficient (Wildman–Crippen LogP) is 5.96. The Bertz CT molecular complexity index is 1400. The summed E-state index contributed by atoms with van der Waals surface area (Å²) in [7, 11) is 0. The second-order valence-corrected chi connectivity index (χ2v) is 8.72. The van der Waals surface area contributed by atoms with Gasteiger partial charge in [0, 0.05) is 11.6 Å². The highest BCUT2D eigenvalue weighted by molar-refractivity contribution is 5.82. The number of nitrogens with zero attached hydrogens (tertiary/aromatic N) is 3. The van der Waals surface area contributed by atoms with Gasteiger partial charge < -0.3 is 15.2 Å². The fourth-order valence-corrected chi connectivity index (χ4v) is 4.00. The van der Waals surface area contributed by atoms with Crippen LogP contribution < -0.4 is 15.2 Å². The van der Waals surface area contributed by atoms with Crippen molar-refractivity contribution in [1.29, 1.82) is 5.26 Å². The lowest BCUT2D eigenvalue weighted by molar-refractivity contribution is 0.298. The first kappa shape index (κ1) is 19.6. The topological polar surface area (TPSA) is 94.0 Å². The molecule has 2 aliphatic carbocycles. The van der Waals surface area contributed by atoms with Gasteiger partial charge in [-0.25, -0.2) is 4.98 Å². The summed E-state index contributed by atoms with van der Waals surface area (Å²) in [4.78, 5) is 8.66. The molecule has 0 amide bonds. The summed E-state index contributed by atoms with van der Waals surface area (Å²) in [5.41, 5.74) is 11.1. The molecule has 0 radical (unpaired) electrons. The molecule has 4 aromatic rings. The van der Waals surface area contributed by atoms with E-state index in [1.807, 2.05) is 48.5 Å². The van der Waals surface area contributed by atoms with Gasteiger partial charge in [0.05, 0.1) is 28.9 Å². The van der Waals surface area contributed by atoms with Gasteiger partial charge in [-0.05, 0) is 73.1 Å². The van der Waals surface area contributed by atoms with Crippen molar-refractivity contribution in [2.75, 3.05) is 5.73 Å². The Morgan fingerprint density at radius 2 is 1.67 bits per heavy atom. The molecular weight excluding hydrogens is 412 g/mol. The van der Waals surface area contributed by atoms with Gasteiger partial charge in [0.15, 0.2) is 0 Å². The number of aromatic nitrogens is 2. The van der Waals surface area contributed by atoms with Crippen LogP contribution in [-0.2, 0) is 0 Å². The van der Waals surface area contributed by atoms with E-state index < -0.39 is 0 Å². The zero-order chi connectivity index (χ0) is 22.4. The van der Waals surface area contributed by atoms with E-state index in [2.05, 4.69) is 16.0 Å². The molecule has 6 rings (SSSR count). The summed E-state index contributed by atoms with van der Waals surface area (Å²) in [5.74, 6) is 3.00. The normalized spacial score (nSPS) is 15.2. The number of benzene rings is 3. The fourth-order valence-electron chi connectivity index (χ4n) is 4.00. The number of ether oxygens (including phenoxy) is 2. The summed E-state index contributed by atoms with van der Waals surface area (Å²) in [6, 6.07) is 19.9. The number of nitriles is 1. The van der Waals surface area contributed by atoms with Gasteiger partial charge >= 0.3 is 0 Å². The molecule has 6 nitrogen and oxygen atoms in total. The molecule has 3 aromatic carbocycles. The first-order valence-electron chi connectivity index (χ1n) is 11.2. The Morgan fingerprint density at radius 1 is 0.879 bits per heavy atom. The fraction of sp³-hybridized carbons (Fsp3) is 0.222. The largest absolute Gasteiger partial charge is 0.489 e. The number of fused-ring (bicyclic) bond motifs is 1. The third-order valence-corrected chi connectivity index (χ3v) is 6.02. The highest BCUT2D eigenvalue weighted by atomic mass is 16.5. The maximum Gasteiger partial charge on any atom is 0.142 e. The van der Waals surface area contributed by atoms with Crippen molar-refractivity contribution in [3.05, 3.63) is 71.9 Å². The average Bonchev–Trinajstić information content (AvgIpc) is 3.75. The van der Waals surface area contributed by atoms with Gasteiger partial charge in [0.25, 0.3) is 0 Å². The van der Waals surface area contributed by atoms with E-state index in [1.165, 1.54) is 0 Å². The molecule has 0 aliphatic heterocycles. The second-order valence-electron chi connectivity index (χ2n) is 8.72. The quantitative estimate of drug-likeness (QED) is 0.402. The lowest BCUT2D eigenvalue weighted by Crippen LogP contribution is -2.02. The van der Waals surface area contributed by atoms with Crippen molar-refractivity contribution in [2.24, 2.45) is 0 Å². The summed E-state index contributed by atoms with van der Waals surface area (Å²) < 4.78 is 12.2. The molecule has 2 aliphatic rings. The van der Waals surface area contributed by atoms with Crippen molar-refractivity contribution in [3.63, 3.8) is 0 Å². The second kappa shape index (κ2) is 7.79. The van der Waals surface area contributed by atoms with Gasteiger partial charge in [0.2, 0.25) is 0 Å². The summed E-state index contributed by atoms with van der Waals surface area (Å²) in [5, 5.41) is 9.72. The molecular formula is C27H22N4O2. The number of rotatable bonds is 6. The number of nitrogen functional groups attached to an aromatic ring is 1. The summed E-state index contributed by atoms with van der Waals surface area (Å²) >= 11 is 0. The SMILES string of the molecule is N#Cc1cc(Oc2ccc(-c3ccc4ncc(N)nc4c3)cc2)cc(C2CC2)c1OC1CC1. The Kier molecular flexibility index (Phi) is 4.62. The molecule has 0 saturated heterocycles. The van der Waals surface area contributed by atoms with Crippen molar-refractivity contribution in [1.82, 2.24) is 9.97 Å². The molecule has 2 saturated carbocycles. The van der Waals surface area contributed by atoms with E-state index in [-0.39, 0.29) is 6.10 Å². The molecule has 1 aromatic heterocycles. The van der Waals surface area contributed by atoms with E-state index in [0.29, 0.717) is 28.8 Å². The molecule has 162 valence electrons. The van der Waals surface area contributed by atoms with Crippen LogP contribution in [0.5, 0.6) is 17.2 Å². The molecule has 1 heterocycles. The van der Waals surface area contributed by atoms with Gasteiger partial charge in [0.1, 0.15) is 29.1 Å². The number of hydrogen-bond donors (Lipinski definition) is 1. The maximum absolute atomic E-state index is 9.72. The van der Waals surface area contributed by atoms with Crippen LogP contribution in [0.4, 0.5) is 5.82 Å². The smallest absolute Gasteiger partial charge is 0.142 e. The lowest BCUT2D eigenvalue weighted by atomic mass is 10.0. The maximum atomic E-state index is 9.72. The predicted molar refractivity (Wildman–Crippen MR) is 126 cm³/mol. The van der Waals surface area contributed by atoms with E-state index in [1.54, 1.807) is 12.3 Å². The van der Waals surface area contributed by atoms with Crippen LogP contribution in [0.15, 0.2) is 60.8 Å². The minimum absolute atomic E-state index is 0.256. The number of nitrogens with two attached hydrogens (primary N) is 1. The van der Waals surface area contributed by atoms with Crippen molar-refractivity contribution >= 4 is 16.9 Å². The zero-order valence-electron chi connectivity index (χ0n) is 18.0. The van der Waals surface area contributed by atoms with Gasteiger partial charge in [-0.1, -0.05) is 18.2 Å². The molecule has 6 heteroatoms. The Balaban J connectivity index is 1.27. The van der Waals surface area contributed by atoms with Crippen molar-refractivity contribution in [3.8, 4) is 34.4 Å². The molecule has 0 atom stereocenters. The summed E-state index contributed by atoms with van der Waals surface area (Å²) in [6.07, 6.45) is 6.21. The molecule has 0 spiro atoms.